The van der Waals surface area contributed by atoms with Crippen LogP contribution in [0.15, 0.2) is 52.0 Å². The maximum atomic E-state index is 13.0. The lowest BCUT2D eigenvalue weighted by molar-refractivity contribution is -0.139. The first-order valence-electron chi connectivity index (χ1n) is 8.26. The van der Waals surface area contributed by atoms with E-state index in [-0.39, 0.29) is 17.2 Å². The topological polar surface area (TPSA) is 105 Å². The van der Waals surface area contributed by atoms with Gasteiger partial charge in [0.1, 0.15) is 11.0 Å². The van der Waals surface area contributed by atoms with Crippen LogP contribution >= 0.6 is 0 Å². The summed E-state index contributed by atoms with van der Waals surface area (Å²) in [6.45, 7) is 3.81. The van der Waals surface area contributed by atoms with E-state index in [2.05, 4.69) is 10.6 Å². The molecule has 0 saturated carbocycles. The zero-order chi connectivity index (χ0) is 19.2. The highest BCUT2D eigenvalue weighted by molar-refractivity contribution is 7.91. The molecule has 2 amide bonds. The van der Waals surface area contributed by atoms with Gasteiger partial charge in [-0.15, -0.1) is 0 Å². The number of carbonyl (C=O) groups excluding carboxylic acids is 2. The zero-order valence-electron chi connectivity index (χ0n) is 14.7. The molecule has 8 heteroatoms. The van der Waals surface area contributed by atoms with E-state index in [1.807, 2.05) is 13.8 Å². The van der Waals surface area contributed by atoms with E-state index < -0.39 is 26.9 Å². The van der Waals surface area contributed by atoms with E-state index >= 15 is 0 Å². The number of benzene rings is 1. The molecule has 0 radical (unpaired) electrons. The number of furan rings is 1. The molecule has 1 aromatic carbocycles. The van der Waals surface area contributed by atoms with Crippen LogP contribution in [0.25, 0.3) is 0 Å². The van der Waals surface area contributed by atoms with Crippen molar-refractivity contribution in [1.82, 2.24) is 10.6 Å². The number of amides is 2. The lowest BCUT2D eigenvalue weighted by Crippen LogP contribution is -2.42. The van der Waals surface area contributed by atoms with E-state index in [1.54, 1.807) is 18.2 Å². The molecule has 2 rings (SSSR count). The molecular formula is C18H22N2O5S. The minimum atomic E-state index is -3.82. The van der Waals surface area contributed by atoms with Gasteiger partial charge in [-0.3, -0.25) is 9.59 Å². The van der Waals surface area contributed by atoms with Crippen LogP contribution in [0.4, 0.5) is 0 Å². The molecule has 0 bridgehead atoms. The smallest absolute Gasteiger partial charge is 0.309 e. The SMILES string of the molecule is CCCNC(=O)C(=O)NCC(c1ccco1)S(=O)(=O)c1ccc(C)cc1. The van der Waals surface area contributed by atoms with E-state index in [9.17, 15) is 18.0 Å². The van der Waals surface area contributed by atoms with Gasteiger partial charge in [-0.25, -0.2) is 8.42 Å². The van der Waals surface area contributed by atoms with Gasteiger partial charge < -0.3 is 15.1 Å². The van der Waals surface area contributed by atoms with Crippen LogP contribution in [0, 0.1) is 6.92 Å². The minimum Gasteiger partial charge on any atom is -0.468 e. The normalized spacial score (nSPS) is 12.4. The Balaban J connectivity index is 2.21. The Labute approximate surface area is 152 Å². The molecule has 1 unspecified atom stereocenters. The van der Waals surface area contributed by atoms with Gasteiger partial charge in [-0.1, -0.05) is 24.6 Å². The molecule has 2 aromatic rings. The third kappa shape index (κ3) is 4.72. The fraction of sp³-hybridized carbons (Fsp3) is 0.333. The highest BCUT2D eigenvalue weighted by Crippen LogP contribution is 2.29. The van der Waals surface area contributed by atoms with Crippen LogP contribution in [0.2, 0.25) is 0 Å². The molecule has 0 fully saturated rings. The summed E-state index contributed by atoms with van der Waals surface area (Å²) in [7, 11) is -3.82. The van der Waals surface area contributed by atoms with Gasteiger partial charge in [-0.2, -0.15) is 0 Å². The van der Waals surface area contributed by atoms with Crippen LogP contribution in [-0.4, -0.2) is 33.3 Å². The first-order chi connectivity index (χ1) is 12.4. The summed E-state index contributed by atoms with van der Waals surface area (Å²) in [5.41, 5.74) is 0.930. The molecule has 0 aliphatic heterocycles. The van der Waals surface area contributed by atoms with Gasteiger partial charge in [0.25, 0.3) is 0 Å². The Morgan fingerprint density at radius 2 is 1.73 bits per heavy atom. The van der Waals surface area contributed by atoms with Crippen molar-refractivity contribution in [3.63, 3.8) is 0 Å². The van der Waals surface area contributed by atoms with Crippen LogP contribution in [-0.2, 0) is 19.4 Å². The summed E-state index contributed by atoms with van der Waals surface area (Å²) in [6, 6.07) is 9.51. The average Bonchev–Trinajstić information content (AvgIpc) is 3.14. The fourth-order valence-electron chi connectivity index (χ4n) is 2.31. The Kier molecular flexibility index (Phi) is 6.57. The summed E-state index contributed by atoms with van der Waals surface area (Å²) < 4.78 is 31.2. The molecule has 7 nitrogen and oxygen atoms in total. The Morgan fingerprint density at radius 3 is 2.31 bits per heavy atom. The molecule has 2 N–H and O–H groups in total. The number of sulfone groups is 1. The van der Waals surface area contributed by atoms with Gasteiger partial charge >= 0.3 is 11.8 Å². The number of hydrogen-bond acceptors (Lipinski definition) is 5. The maximum absolute atomic E-state index is 13.0. The monoisotopic (exact) mass is 378 g/mol. The first-order valence-corrected chi connectivity index (χ1v) is 9.81. The van der Waals surface area contributed by atoms with Crippen molar-refractivity contribution in [3.05, 3.63) is 54.0 Å². The summed E-state index contributed by atoms with van der Waals surface area (Å²) in [4.78, 5) is 23.7. The number of nitrogens with one attached hydrogen (secondary N) is 2. The second kappa shape index (κ2) is 8.66. The molecule has 140 valence electrons. The third-order valence-corrected chi connectivity index (χ3v) is 5.85. The summed E-state index contributed by atoms with van der Waals surface area (Å²) in [5, 5.41) is 3.68. The molecule has 1 aromatic heterocycles. The fourth-order valence-corrected chi connectivity index (χ4v) is 3.90. The van der Waals surface area contributed by atoms with Crippen molar-refractivity contribution in [2.45, 2.75) is 30.4 Å². The van der Waals surface area contributed by atoms with Gasteiger partial charge in [0, 0.05) is 13.1 Å². The van der Waals surface area contributed by atoms with E-state index in [0.717, 1.165) is 5.56 Å². The standard InChI is InChI=1S/C18H22N2O5S/c1-3-10-19-17(21)18(22)20-12-16(15-5-4-11-25-15)26(23,24)14-8-6-13(2)7-9-14/h4-9,11,16H,3,10,12H2,1-2H3,(H,19,21)(H,20,22). The molecule has 0 spiro atoms. The van der Waals surface area contributed by atoms with Crippen molar-refractivity contribution in [2.75, 3.05) is 13.1 Å². The minimum absolute atomic E-state index is 0.120. The van der Waals surface area contributed by atoms with Gasteiger partial charge in [0.15, 0.2) is 9.84 Å². The molecule has 26 heavy (non-hydrogen) atoms. The second-order valence-corrected chi connectivity index (χ2v) is 7.96. The van der Waals surface area contributed by atoms with Crippen molar-refractivity contribution < 1.29 is 22.4 Å². The number of carbonyl (C=O) groups is 2. The quantitative estimate of drug-likeness (QED) is 0.714. The van der Waals surface area contributed by atoms with E-state index in [0.29, 0.717) is 13.0 Å². The number of aryl methyl sites for hydroxylation is 1. The second-order valence-electron chi connectivity index (χ2n) is 5.83. The molecule has 1 heterocycles. The largest absolute Gasteiger partial charge is 0.468 e. The van der Waals surface area contributed by atoms with Crippen LogP contribution in [0.5, 0.6) is 0 Å². The number of rotatable bonds is 7. The van der Waals surface area contributed by atoms with Gasteiger partial charge in [0.2, 0.25) is 0 Å². The Morgan fingerprint density at radius 1 is 1.08 bits per heavy atom. The Bertz CT molecular complexity index is 842. The third-order valence-electron chi connectivity index (χ3n) is 3.77. The van der Waals surface area contributed by atoms with E-state index in [4.69, 9.17) is 4.42 Å². The van der Waals surface area contributed by atoms with Crippen LogP contribution < -0.4 is 10.6 Å². The summed E-state index contributed by atoms with van der Waals surface area (Å²) >= 11 is 0. The van der Waals surface area contributed by atoms with Crippen molar-refractivity contribution in [2.24, 2.45) is 0 Å². The molecule has 0 saturated heterocycles. The van der Waals surface area contributed by atoms with Crippen molar-refractivity contribution in [1.29, 1.82) is 0 Å². The lowest BCUT2D eigenvalue weighted by atomic mass is 10.2. The Hall–Kier alpha value is -2.61. The lowest BCUT2D eigenvalue weighted by Gasteiger charge is -2.16. The summed E-state index contributed by atoms with van der Waals surface area (Å²) in [5.74, 6) is -1.48. The molecule has 1 atom stereocenters. The van der Waals surface area contributed by atoms with Crippen LogP contribution in [0.1, 0.15) is 29.9 Å². The number of hydrogen-bond donors (Lipinski definition) is 2. The summed E-state index contributed by atoms with van der Waals surface area (Å²) in [6.07, 6.45) is 2.05. The van der Waals surface area contributed by atoms with Gasteiger partial charge in [-0.05, 0) is 37.6 Å². The first kappa shape index (κ1) is 19.7. The highest BCUT2D eigenvalue weighted by Gasteiger charge is 2.32. The molecular weight excluding hydrogens is 356 g/mol. The molecule has 0 aliphatic rings. The van der Waals surface area contributed by atoms with Crippen LogP contribution in [0.3, 0.4) is 0 Å². The van der Waals surface area contributed by atoms with Crippen molar-refractivity contribution in [3.8, 4) is 0 Å². The predicted octanol–water partition coefficient (Wildman–Crippen LogP) is 1.75. The predicted molar refractivity (Wildman–Crippen MR) is 96.1 cm³/mol. The highest BCUT2D eigenvalue weighted by atomic mass is 32.2. The van der Waals surface area contributed by atoms with Crippen molar-refractivity contribution >= 4 is 21.7 Å². The maximum Gasteiger partial charge on any atom is 0.309 e. The molecule has 0 aliphatic carbocycles. The zero-order valence-corrected chi connectivity index (χ0v) is 15.5. The average molecular weight is 378 g/mol. The van der Waals surface area contributed by atoms with E-state index in [1.165, 1.54) is 24.5 Å². The van der Waals surface area contributed by atoms with Gasteiger partial charge in [0.05, 0.1) is 11.2 Å².